The van der Waals surface area contributed by atoms with Crippen molar-refractivity contribution in [3.63, 3.8) is 0 Å². The molecule has 0 bridgehead atoms. The molecule has 1 aromatic carbocycles. The molecule has 3 N–H and O–H groups in total. The molecule has 0 spiro atoms. The average Bonchev–Trinajstić information content (AvgIpc) is 3.05. The summed E-state index contributed by atoms with van der Waals surface area (Å²) in [5.41, 5.74) is 0.0307. The molecule has 1 amide bonds. The predicted octanol–water partition coefficient (Wildman–Crippen LogP) is 0.318. The highest BCUT2D eigenvalue weighted by molar-refractivity contribution is 5.95. The fourth-order valence-electron chi connectivity index (χ4n) is 1.87. The number of rotatable bonds is 3. The van der Waals surface area contributed by atoms with Crippen LogP contribution in [0.15, 0.2) is 23.0 Å². The standard InChI is InChI=1S/C12H12N4O4/c1-6(10-14-12(18)16-15-10)13-11(17)7-2-3-8-9(4-7)20-5-19-8/h2-4,6H,5H2,1H3,(H,13,17)(H2,14,15,16,18). The van der Waals surface area contributed by atoms with Crippen molar-refractivity contribution in [2.45, 2.75) is 13.0 Å². The first-order valence-electron chi connectivity index (χ1n) is 5.98. The fourth-order valence-corrected chi connectivity index (χ4v) is 1.87. The first-order valence-corrected chi connectivity index (χ1v) is 5.98. The van der Waals surface area contributed by atoms with E-state index in [1.165, 1.54) is 0 Å². The van der Waals surface area contributed by atoms with Crippen LogP contribution < -0.4 is 20.5 Å². The summed E-state index contributed by atoms with van der Waals surface area (Å²) >= 11 is 0. The van der Waals surface area contributed by atoms with Crippen LogP contribution in [0.2, 0.25) is 0 Å². The van der Waals surface area contributed by atoms with Crippen molar-refractivity contribution >= 4 is 5.91 Å². The molecule has 1 aliphatic heterocycles. The van der Waals surface area contributed by atoms with Crippen LogP contribution in [0.4, 0.5) is 0 Å². The third kappa shape index (κ3) is 2.22. The van der Waals surface area contributed by atoms with Crippen LogP contribution in [0.25, 0.3) is 0 Å². The van der Waals surface area contributed by atoms with Gasteiger partial charge in [-0.15, -0.1) is 0 Å². The number of hydrogen-bond acceptors (Lipinski definition) is 5. The number of carbonyl (C=O) groups excluding carboxylic acids is 1. The number of H-pyrrole nitrogens is 2. The van der Waals surface area contributed by atoms with Gasteiger partial charge in [0.1, 0.15) is 0 Å². The summed E-state index contributed by atoms with van der Waals surface area (Å²) in [5.74, 6) is 1.23. The number of fused-ring (bicyclic) bond motifs is 1. The molecule has 20 heavy (non-hydrogen) atoms. The summed E-state index contributed by atoms with van der Waals surface area (Å²) in [6.45, 7) is 1.88. The fraction of sp³-hybridized carbons (Fsp3) is 0.250. The third-order valence-electron chi connectivity index (χ3n) is 2.91. The van der Waals surface area contributed by atoms with Crippen LogP contribution in [0.1, 0.15) is 29.1 Å². The monoisotopic (exact) mass is 276 g/mol. The molecular weight excluding hydrogens is 264 g/mol. The van der Waals surface area contributed by atoms with Crippen molar-refractivity contribution in [1.29, 1.82) is 0 Å². The van der Waals surface area contributed by atoms with Gasteiger partial charge in [0.05, 0.1) is 6.04 Å². The molecule has 0 aliphatic carbocycles. The molecule has 8 nitrogen and oxygen atoms in total. The average molecular weight is 276 g/mol. The third-order valence-corrected chi connectivity index (χ3v) is 2.91. The SMILES string of the molecule is CC(NC(=O)c1ccc2c(c1)OCO2)c1n[nH]c(=O)[nH]1. The number of benzene rings is 1. The van der Waals surface area contributed by atoms with Crippen LogP contribution in [-0.2, 0) is 0 Å². The predicted molar refractivity (Wildman–Crippen MR) is 67.7 cm³/mol. The molecule has 3 rings (SSSR count). The first kappa shape index (κ1) is 12.3. The second-order valence-electron chi connectivity index (χ2n) is 4.33. The Morgan fingerprint density at radius 1 is 1.40 bits per heavy atom. The van der Waals surface area contributed by atoms with Gasteiger partial charge in [0, 0.05) is 5.56 Å². The lowest BCUT2D eigenvalue weighted by Crippen LogP contribution is -2.27. The highest BCUT2D eigenvalue weighted by Crippen LogP contribution is 2.32. The topological polar surface area (TPSA) is 109 Å². The van der Waals surface area contributed by atoms with Gasteiger partial charge in [-0.3, -0.25) is 9.78 Å². The number of hydrogen-bond donors (Lipinski definition) is 3. The van der Waals surface area contributed by atoms with Crippen molar-refractivity contribution in [3.8, 4) is 11.5 Å². The number of nitrogens with zero attached hydrogens (tertiary/aromatic N) is 1. The van der Waals surface area contributed by atoms with Gasteiger partial charge >= 0.3 is 5.69 Å². The van der Waals surface area contributed by atoms with Gasteiger partial charge in [-0.2, -0.15) is 5.10 Å². The molecule has 104 valence electrons. The van der Waals surface area contributed by atoms with Crippen molar-refractivity contribution in [3.05, 3.63) is 40.1 Å². The van der Waals surface area contributed by atoms with Crippen LogP contribution in [0.5, 0.6) is 11.5 Å². The van der Waals surface area contributed by atoms with Crippen molar-refractivity contribution in [1.82, 2.24) is 20.5 Å². The summed E-state index contributed by atoms with van der Waals surface area (Å²) in [7, 11) is 0. The summed E-state index contributed by atoms with van der Waals surface area (Å²) in [6.07, 6.45) is 0. The Labute approximate surface area is 113 Å². The molecule has 2 aromatic rings. The lowest BCUT2D eigenvalue weighted by molar-refractivity contribution is 0.0938. The minimum Gasteiger partial charge on any atom is -0.454 e. The molecule has 8 heteroatoms. The highest BCUT2D eigenvalue weighted by atomic mass is 16.7. The van der Waals surface area contributed by atoms with E-state index in [-0.39, 0.29) is 12.7 Å². The van der Waals surface area contributed by atoms with Crippen molar-refractivity contribution in [2.75, 3.05) is 6.79 Å². The van der Waals surface area contributed by atoms with E-state index in [4.69, 9.17) is 9.47 Å². The Hall–Kier alpha value is -2.77. The summed E-state index contributed by atoms with van der Waals surface area (Å²) in [6, 6.07) is 4.51. The summed E-state index contributed by atoms with van der Waals surface area (Å²) < 4.78 is 10.4. The van der Waals surface area contributed by atoms with Gasteiger partial charge in [-0.25, -0.2) is 9.89 Å². The zero-order chi connectivity index (χ0) is 14.1. The molecule has 0 saturated carbocycles. The van der Waals surface area contributed by atoms with Gasteiger partial charge in [0.25, 0.3) is 5.91 Å². The summed E-state index contributed by atoms with van der Waals surface area (Å²) in [4.78, 5) is 25.6. The van der Waals surface area contributed by atoms with E-state index in [1.54, 1.807) is 25.1 Å². The van der Waals surface area contributed by atoms with Crippen molar-refractivity contribution < 1.29 is 14.3 Å². The van der Waals surface area contributed by atoms with Gasteiger partial charge in [-0.05, 0) is 25.1 Å². The Bertz CT molecular complexity index is 705. The van der Waals surface area contributed by atoms with Gasteiger partial charge < -0.3 is 14.8 Å². The molecule has 1 atom stereocenters. The van der Waals surface area contributed by atoms with Crippen LogP contribution in [0.3, 0.4) is 0 Å². The largest absolute Gasteiger partial charge is 0.454 e. The van der Waals surface area contributed by atoms with E-state index >= 15 is 0 Å². The molecule has 0 radical (unpaired) electrons. The molecule has 0 saturated heterocycles. The minimum atomic E-state index is -0.424. The number of ether oxygens (including phenoxy) is 2. The van der Waals surface area contributed by atoms with Crippen LogP contribution >= 0.6 is 0 Å². The lowest BCUT2D eigenvalue weighted by atomic mass is 10.1. The zero-order valence-corrected chi connectivity index (χ0v) is 10.6. The van der Waals surface area contributed by atoms with E-state index in [0.29, 0.717) is 22.9 Å². The normalized spacial score (nSPS) is 14.1. The maximum Gasteiger partial charge on any atom is 0.340 e. The number of carbonyl (C=O) groups is 1. The quantitative estimate of drug-likeness (QED) is 0.748. The number of aromatic amines is 2. The maximum absolute atomic E-state index is 12.1. The van der Waals surface area contributed by atoms with Gasteiger partial charge in [0.15, 0.2) is 17.3 Å². The van der Waals surface area contributed by atoms with E-state index in [0.717, 1.165) is 0 Å². The highest BCUT2D eigenvalue weighted by Gasteiger charge is 2.18. The molecular formula is C12H12N4O4. The maximum atomic E-state index is 12.1. The molecule has 1 unspecified atom stereocenters. The smallest absolute Gasteiger partial charge is 0.340 e. The summed E-state index contributed by atoms with van der Waals surface area (Å²) in [5, 5.41) is 8.74. The van der Waals surface area contributed by atoms with E-state index in [1.807, 2.05) is 0 Å². The van der Waals surface area contributed by atoms with E-state index in [2.05, 4.69) is 20.5 Å². The Balaban J connectivity index is 1.74. The Morgan fingerprint density at radius 2 is 2.20 bits per heavy atom. The van der Waals surface area contributed by atoms with Crippen molar-refractivity contribution in [2.24, 2.45) is 0 Å². The number of nitrogens with one attached hydrogen (secondary N) is 3. The Morgan fingerprint density at radius 3 is 2.95 bits per heavy atom. The molecule has 1 aromatic heterocycles. The number of amides is 1. The first-order chi connectivity index (χ1) is 9.63. The zero-order valence-electron chi connectivity index (χ0n) is 10.6. The molecule has 1 aliphatic rings. The second-order valence-corrected chi connectivity index (χ2v) is 4.33. The van der Waals surface area contributed by atoms with E-state index in [9.17, 15) is 9.59 Å². The molecule has 2 heterocycles. The number of aromatic nitrogens is 3. The minimum absolute atomic E-state index is 0.158. The van der Waals surface area contributed by atoms with Crippen LogP contribution in [0, 0.1) is 0 Å². The van der Waals surface area contributed by atoms with Crippen LogP contribution in [-0.4, -0.2) is 27.9 Å². The van der Waals surface area contributed by atoms with E-state index < -0.39 is 11.7 Å². The lowest BCUT2D eigenvalue weighted by Gasteiger charge is -2.11. The molecule has 0 fully saturated rings. The second kappa shape index (κ2) is 4.72. The van der Waals surface area contributed by atoms with Gasteiger partial charge in [-0.1, -0.05) is 0 Å². The van der Waals surface area contributed by atoms with Gasteiger partial charge in [0.2, 0.25) is 6.79 Å². The Kier molecular flexibility index (Phi) is 2.90.